The number of carbonyl (C=O) groups excluding carboxylic acids is 1. The Bertz CT molecular complexity index is 565. The van der Waals surface area contributed by atoms with E-state index in [-0.39, 0.29) is 5.91 Å². The molecule has 2 N–H and O–H groups in total. The summed E-state index contributed by atoms with van der Waals surface area (Å²) < 4.78 is 0. The Labute approximate surface area is 158 Å². The van der Waals surface area contributed by atoms with Gasteiger partial charge in [0.2, 0.25) is 5.91 Å². The molecule has 26 heavy (non-hydrogen) atoms. The lowest BCUT2D eigenvalue weighted by Crippen LogP contribution is -2.34. The topological polar surface area (TPSA) is 44.4 Å². The maximum atomic E-state index is 12.4. The lowest BCUT2D eigenvalue weighted by atomic mass is 9.85. The molecule has 4 heteroatoms. The van der Waals surface area contributed by atoms with E-state index in [0.29, 0.717) is 18.3 Å². The fraction of sp³-hybridized carbons (Fsp3) is 0.682. The van der Waals surface area contributed by atoms with Crippen LogP contribution in [-0.2, 0) is 11.3 Å². The third-order valence-corrected chi connectivity index (χ3v) is 6.03. The molecule has 1 aromatic rings. The second-order valence-corrected chi connectivity index (χ2v) is 8.52. The molecule has 3 unspecified atom stereocenters. The van der Waals surface area contributed by atoms with Crippen LogP contribution in [0.1, 0.15) is 51.5 Å². The van der Waals surface area contributed by atoms with Crippen molar-refractivity contribution in [1.82, 2.24) is 10.2 Å². The van der Waals surface area contributed by atoms with E-state index in [1.54, 1.807) is 0 Å². The summed E-state index contributed by atoms with van der Waals surface area (Å²) in [5, 5.41) is 6.52. The van der Waals surface area contributed by atoms with Gasteiger partial charge < -0.3 is 10.6 Å². The largest absolute Gasteiger partial charge is 0.326 e. The van der Waals surface area contributed by atoms with Gasteiger partial charge in [0.05, 0.1) is 0 Å². The van der Waals surface area contributed by atoms with Gasteiger partial charge in [0.15, 0.2) is 0 Å². The molecule has 2 saturated heterocycles. The van der Waals surface area contributed by atoms with Crippen molar-refractivity contribution < 1.29 is 4.79 Å². The summed E-state index contributed by atoms with van der Waals surface area (Å²) in [5.74, 6) is 2.01. The number of hydrogen-bond donors (Lipinski definition) is 2. The van der Waals surface area contributed by atoms with E-state index in [2.05, 4.69) is 41.5 Å². The Kier molecular flexibility index (Phi) is 7.09. The highest BCUT2D eigenvalue weighted by atomic mass is 16.1. The van der Waals surface area contributed by atoms with Gasteiger partial charge in [-0.3, -0.25) is 9.69 Å². The molecular weight excluding hydrogens is 322 g/mol. The predicted molar refractivity (Wildman–Crippen MR) is 108 cm³/mol. The molecule has 2 aliphatic rings. The molecule has 0 bridgehead atoms. The minimum atomic E-state index is 0.140. The second-order valence-electron chi connectivity index (χ2n) is 8.52. The number of nitrogens with zero attached hydrogens (tertiary/aromatic N) is 1. The molecule has 1 amide bonds. The van der Waals surface area contributed by atoms with Gasteiger partial charge in [0.1, 0.15) is 0 Å². The maximum Gasteiger partial charge on any atom is 0.224 e. The number of amides is 1. The van der Waals surface area contributed by atoms with Crippen molar-refractivity contribution in [2.24, 2.45) is 17.8 Å². The van der Waals surface area contributed by atoms with Crippen LogP contribution in [-0.4, -0.2) is 37.0 Å². The Hall–Kier alpha value is -1.39. The zero-order valence-corrected chi connectivity index (χ0v) is 16.5. The fourth-order valence-corrected chi connectivity index (χ4v) is 4.42. The molecule has 2 heterocycles. The third-order valence-electron chi connectivity index (χ3n) is 6.03. The van der Waals surface area contributed by atoms with Crippen LogP contribution in [0.15, 0.2) is 24.3 Å². The van der Waals surface area contributed by atoms with Crippen LogP contribution in [0.4, 0.5) is 5.69 Å². The first kappa shape index (κ1) is 19.4. The first-order chi connectivity index (χ1) is 12.6. The third kappa shape index (κ3) is 5.82. The Balaban J connectivity index is 1.45. The molecule has 4 nitrogen and oxygen atoms in total. The summed E-state index contributed by atoms with van der Waals surface area (Å²) in [7, 11) is 0. The van der Waals surface area contributed by atoms with E-state index < -0.39 is 0 Å². The smallest absolute Gasteiger partial charge is 0.224 e. The molecule has 0 radical (unpaired) electrons. The summed E-state index contributed by atoms with van der Waals surface area (Å²) >= 11 is 0. The van der Waals surface area contributed by atoms with Crippen molar-refractivity contribution in [3.05, 3.63) is 29.8 Å². The van der Waals surface area contributed by atoms with Crippen molar-refractivity contribution >= 4 is 11.6 Å². The lowest BCUT2D eigenvalue weighted by Gasteiger charge is -2.30. The minimum Gasteiger partial charge on any atom is -0.326 e. The molecule has 1 aromatic carbocycles. The van der Waals surface area contributed by atoms with Crippen LogP contribution < -0.4 is 10.6 Å². The maximum absolute atomic E-state index is 12.4. The van der Waals surface area contributed by atoms with Crippen molar-refractivity contribution in [1.29, 1.82) is 0 Å². The zero-order chi connectivity index (χ0) is 18.4. The standard InChI is InChI=1S/C22H35N3O/c1-17-5-4-12-25(15-17)16-19-7-9-21(10-8-19)24-22(26)13-18(2)20-6-3-11-23-14-20/h7-10,17-18,20,23H,3-6,11-16H2,1-2H3,(H,24,26). The number of benzene rings is 1. The summed E-state index contributed by atoms with van der Waals surface area (Å²) in [6.07, 6.45) is 5.75. The van der Waals surface area contributed by atoms with Crippen LogP contribution in [0, 0.1) is 17.8 Å². The van der Waals surface area contributed by atoms with Crippen LogP contribution in [0.25, 0.3) is 0 Å². The van der Waals surface area contributed by atoms with Gasteiger partial charge in [0.25, 0.3) is 0 Å². The van der Waals surface area contributed by atoms with E-state index in [0.717, 1.165) is 31.2 Å². The van der Waals surface area contributed by atoms with Crippen molar-refractivity contribution in [2.75, 3.05) is 31.5 Å². The van der Waals surface area contributed by atoms with Gasteiger partial charge in [-0.15, -0.1) is 0 Å². The molecule has 0 aliphatic carbocycles. The average molecular weight is 358 g/mol. The van der Waals surface area contributed by atoms with Crippen molar-refractivity contribution in [3.63, 3.8) is 0 Å². The van der Waals surface area contributed by atoms with E-state index in [1.807, 2.05) is 12.1 Å². The van der Waals surface area contributed by atoms with Crippen LogP contribution in [0.3, 0.4) is 0 Å². The SMILES string of the molecule is CC1CCCN(Cc2ccc(NC(=O)CC(C)C3CCCNC3)cc2)C1. The van der Waals surface area contributed by atoms with Crippen LogP contribution >= 0.6 is 0 Å². The number of nitrogens with one attached hydrogen (secondary N) is 2. The molecule has 2 fully saturated rings. The summed E-state index contributed by atoms with van der Waals surface area (Å²) in [4.78, 5) is 14.9. The normalized spacial score (nSPS) is 25.6. The minimum absolute atomic E-state index is 0.140. The Morgan fingerprint density at radius 2 is 2.08 bits per heavy atom. The first-order valence-corrected chi connectivity index (χ1v) is 10.4. The Morgan fingerprint density at radius 1 is 1.27 bits per heavy atom. The highest BCUT2D eigenvalue weighted by molar-refractivity contribution is 5.90. The summed E-state index contributed by atoms with van der Waals surface area (Å²) in [6.45, 7) is 10.2. The van der Waals surface area contributed by atoms with E-state index >= 15 is 0 Å². The van der Waals surface area contributed by atoms with Gasteiger partial charge in [-0.2, -0.15) is 0 Å². The molecule has 3 rings (SSSR count). The Morgan fingerprint density at radius 3 is 2.77 bits per heavy atom. The summed E-state index contributed by atoms with van der Waals surface area (Å²) in [6, 6.07) is 8.41. The van der Waals surface area contributed by atoms with Gasteiger partial charge in [-0.1, -0.05) is 26.0 Å². The second kappa shape index (κ2) is 9.52. The number of anilines is 1. The van der Waals surface area contributed by atoms with Crippen LogP contribution in [0.5, 0.6) is 0 Å². The highest BCUT2D eigenvalue weighted by Crippen LogP contribution is 2.23. The number of carbonyl (C=O) groups is 1. The molecule has 3 atom stereocenters. The molecule has 0 saturated carbocycles. The number of piperidine rings is 2. The number of likely N-dealkylation sites (tertiary alicyclic amines) is 1. The van der Waals surface area contributed by atoms with Crippen molar-refractivity contribution in [2.45, 2.75) is 52.5 Å². The average Bonchev–Trinajstić information content (AvgIpc) is 2.64. The molecule has 0 spiro atoms. The molecular formula is C22H35N3O. The van der Waals surface area contributed by atoms with Gasteiger partial charge >= 0.3 is 0 Å². The zero-order valence-electron chi connectivity index (χ0n) is 16.5. The van der Waals surface area contributed by atoms with E-state index in [4.69, 9.17) is 0 Å². The molecule has 144 valence electrons. The lowest BCUT2D eigenvalue weighted by molar-refractivity contribution is -0.117. The summed E-state index contributed by atoms with van der Waals surface area (Å²) in [5.41, 5.74) is 2.25. The van der Waals surface area contributed by atoms with Crippen LogP contribution in [0.2, 0.25) is 0 Å². The highest BCUT2D eigenvalue weighted by Gasteiger charge is 2.22. The molecule has 0 aromatic heterocycles. The first-order valence-electron chi connectivity index (χ1n) is 10.4. The molecule has 2 aliphatic heterocycles. The predicted octanol–water partition coefficient (Wildman–Crippen LogP) is 3.88. The number of rotatable bonds is 6. The van der Waals surface area contributed by atoms with Gasteiger partial charge in [-0.25, -0.2) is 0 Å². The quantitative estimate of drug-likeness (QED) is 0.812. The van der Waals surface area contributed by atoms with Gasteiger partial charge in [0, 0.05) is 25.2 Å². The number of hydrogen-bond acceptors (Lipinski definition) is 3. The monoisotopic (exact) mass is 357 g/mol. The van der Waals surface area contributed by atoms with Gasteiger partial charge in [-0.05, 0) is 80.8 Å². The van der Waals surface area contributed by atoms with E-state index in [9.17, 15) is 4.79 Å². The van der Waals surface area contributed by atoms with E-state index in [1.165, 1.54) is 44.3 Å². The van der Waals surface area contributed by atoms with Crippen molar-refractivity contribution in [3.8, 4) is 0 Å². The fourth-order valence-electron chi connectivity index (χ4n) is 4.42.